The van der Waals surface area contributed by atoms with Crippen molar-refractivity contribution in [3.05, 3.63) is 30.1 Å². The van der Waals surface area contributed by atoms with E-state index in [9.17, 15) is 4.79 Å². The number of carbonyl (C=O) groups excluding carboxylic acids is 1. The van der Waals surface area contributed by atoms with Crippen LogP contribution in [0.4, 0.5) is 0 Å². The number of hydrogen-bond donors (Lipinski definition) is 0. The molecule has 4 heteroatoms. The molecule has 4 nitrogen and oxygen atoms in total. The third-order valence-corrected chi connectivity index (χ3v) is 5.01. The van der Waals surface area contributed by atoms with Crippen LogP contribution < -0.4 is 0 Å². The molecule has 0 aromatic carbocycles. The summed E-state index contributed by atoms with van der Waals surface area (Å²) in [5.41, 5.74) is 1.16. The number of likely N-dealkylation sites (tertiary alicyclic amines) is 1. The van der Waals surface area contributed by atoms with Gasteiger partial charge in [-0.05, 0) is 31.4 Å². The van der Waals surface area contributed by atoms with Crippen LogP contribution in [0.25, 0.3) is 0 Å². The van der Waals surface area contributed by atoms with Gasteiger partial charge in [0.15, 0.2) is 0 Å². The summed E-state index contributed by atoms with van der Waals surface area (Å²) >= 11 is 0. The second-order valence-electron chi connectivity index (χ2n) is 6.78. The van der Waals surface area contributed by atoms with Gasteiger partial charge in [-0.1, -0.05) is 26.3 Å². The molecule has 0 N–H and O–H groups in total. The zero-order valence-electron chi connectivity index (χ0n) is 14.9. The van der Waals surface area contributed by atoms with Gasteiger partial charge in [0, 0.05) is 57.0 Å². The largest absolute Gasteiger partial charge is 0.342 e. The van der Waals surface area contributed by atoms with Gasteiger partial charge in [0.2, 0.25) is 5.91 Å². The third kappa shape index (κ3) is 5.31. The molecule has 128 valence electrons. The maximum atomic E-state index is 12.4. The number of nitrogens with zero attached hydrogens (tertiary/aromatic N) is 3. The summed E-state index contributed by atoms with van der Waals surface area (Å²) in [6, 6.07) is 6.51. The van der Waals surface area contributed by atoms with Crippen molar-refractivity contribution in [3.63, 3.8) is 0 Å². The average Bonchev–Trinajstić information content (AvgIpc) is 2.60. The summed E-state index contributed by atoms with van der Waals surface area (Å²) in [5, 5.41) is 0. The second kappa shape index (κ2) is 9.02. The van der Waals surface area contributed by atoms with Crippen molar-refractivity contribution < 1.29 is 4.79 Å². The lowest BCUT2D eigenvalue weighted by Gasteiger charge is -2.37. The Morgan fingerprint density at radius 3 is 2.74 bits per heavy atom. The van der Waals surface area contributed by atoms with Crippen LogP contribution in [0.3, 0.4) is 0 Å². The highest BCUT2D eigenvalue weighted by molar-refractivity contribution is 5.78. The van der Waals surface area contributed by atoms with Crippen LogP contribution in [-0.2, 0) is 11.2 Å². The van der Waals surface area contributed by atoms with Crippen molar-refractivity contribution in [1.29, 1.82) is 0 Å². The fraction of sp³-hybridized carbons (Fsp3) is 0.684. The van der Waals surface area contributed by atoms with E-state index in [0.717, 1.165) is 57.4 Å². The molecule has 1 aliphatic rings. The normalized spacial score (nSPS) is 17.9. The van der Waals surface area contributed by atoms with Crippen LogP contribution in [0.15, 0.2) is 24.4 Å². The first-order chi connectivity index (χ1) is 11.1. The number of rotatable bonds is 7. The summed E-state index contributed by atoms with van der Waals surface area (Å²) in [4.78, 5) is 21.3. The molecule has 1 fully saturated rings. The Bertz CT molecular complexity index is 469. The molecule has 23 heavy (non-hydrogen) atoms. The van der Waals surface area contributed by atoms with Crippen molar-refractivity contribution in [2.75, 3.05) is 26.7 Å². The van der Waals surface area contributed by atoms with Gasteiger partial charge in [0.05, 0.1) is 0 Å². The quantitative estimate of drug-likeness (QED) is 0.776. The molecular weight excluding hydrogens is 286 g/mol. The maximum Gasteiger partial charge on any atom is 0.225 e. The lowest BCUT2D eigenvalue weighted by Crippen LogP contribution is -2.47. The molecule has 1 saturated heterocycles. The summed E-state index contributed by atoms with van der Waals surface area (Å²) in [7, 11) is 1.99. The predicted octanol–water partition coefficient (Wildman–Crippen LogP) is 2.98. The highest BCUT2D eigenvalue weighted by atomic mass is 16.2. The summed E-state index contributed by atoms with van der Waals surface area (Å²) in [6.07, 6.45) is 7.11. The molecule has 0 unspecified atom stereocenters. The molecule has 0 bridgehead atoms. The van der Waals surface area contributed by atoms with E-state index in [1.54, 1.807) is 0 Å². The maximum absolute atomic E-state index is 12.4. The van der Waals surface area contributed by atoms with Crippen LogP contribution in [-0.4, -0.2) is 53.4 Å². The smallest absolute Gasteiger partial charge is 0.225 e. The van der Waals surface area contributed by atoms with E-state index >= 15 is 0 Å². The predicted molar refractivity (Wildman–Crippen MR) is 94.2 cm³/mol. The van der Waals surface area contributed by atoms with Crippen LogP contribution in [0, 0.1) is 5.92 Å². The van der Waals surface area contributed by atoms with Gasteiger partial charge in [-0.15, -0.1) is 0 Å². The fourth-order valence-electron chi connectivity index (χ4n) is 3.43. The topological polar surface area (TPSA) is 36.4 Å². The number of pyridine rings is 1. The molecule has 0 saturated carbocycles. The van der Waals surface area contributed by atoms with E-state index in [2.05, 4.69) is 29.8 Å². The Hall–Kier alpha value is -1.42. The molecule has 1 aromatic rings. The van der Waals surface area contributed by atoms with E-state index in [4.69, 9.17) is 0 Å². The van der Waals surface area contributed by atoms with E-state index < -0.39 is 0 Å². The molecule has 1 amide bonds. The highest BCUT2D eigenvalue weighted by Crippen LogP contribution is 2.19. The fourth-order valence-corrected chi connectivity index (χ4v) is 3.43. The molecular formula is C19H31N3O. The zero-order chi connectivity index (χ0) is 16.7. The van der Waals surface area contributed by atoms with Gasteiger partial charge < -0.3 is 9.80 Å². The Morgan fingerprint density at radius 1 is 1.39 bits per heavy atom. The van der Waals surface area contributed by atoms with Crippen LogP contribution in [0.5, 0.6) is 0 Å². The molecule has 1 aliphatic heterocycles. The summed E-state index contributed by atoms with van der Waals surface area (Å²) in [6.45, 7) is 7.43. The first kappa shape index (κ1) is 17.9. The minimum absolute atomic E-state index is 0.159. The van der Waals surface area contributed by atoms with E-state index in [-0.39, 0.29) is 5.92 Å². The van der Waals surface area contributed by atoms with E-state index in [1.807, 2.05) is 30.3 Å². The first-order valence-corrected chi connectivity index (χ1v) is 9.00. The molecule has 2 heterocycles. The van der Waals surface area contributed by atoms with Crippen molar-refractivity contribution in [2.24, 2.45) is 5.92 Å². The molecule has 0 radical (unpaired) electrons. The third-order valence-electron chi connectivity index (χ3n) is 5.01. The summed E-state index contributed by atoms with van der Waals surface area (Å²) in [5.74, 6) is 0.478. The molecule has 1 aromatic heterocycles. The van der Waals surface area contributed by atoms with Gasteiger partial charge in [-0.3, -0.25) is 9.78 Å². The van der Waals surface area contributed by atoms with Crippen molar-refractivity contribution in [2.45, 2.75) is 52.0 Å². The zero-order valence-corrected chi connectivity index (χ0v) is 14.9. The Labute approximate surface area is 140 Å². The Balaban J connectivity index is 1.74. The van der Waals surface area contributed by atoms with Crippen LogP contribution in [0.1, 0.15) is 45.2 Å². The first-order valence-electron chi connectivity index (χ1n) is 9.00. The van der Waals surface area contributed by atoms with E-state index in [0.29, 0.717) is 11.9 Å². The minimum Gasteiger partial charge on any atom is -0.342 e. The Kier molecular flexibility index (Phi) is 7.03. The van der Waals surface area contributed by atoms with Crippen molar-refractivity contribution in [1.82, 2.24) is 14.8 Å². The monoisotopic (exact) mass is 317 g/mol. The van der Waals surface area contributed by atoms with Gasteiger partial charge in [-0.25, -0.2) is 0 Å². The number of piperidine rings is 1. The lowest BCUT2D eigenvalue weighted by atomic mass is 9.99. The molecule has 2 rings (SSSR count). The Morgan fingerprint density at radius 2 is 2.13 bits per heavy atom. The SMILES string of the molecule is CCC[C@@H](C)C(=O)N(C)C1CCN(CCc2ccccn2)CC1. The van der Waals surface area contributed by atoms with Gasteiger partial charge in [0.1, 0.15) is 0 Å². The lowest BCUT2D eigenvalue weighted by molar-refractivity contribution is -0.136. The van der Waals surface area contributed by atoms with Gasteiger partial charge >= 0.3 is 0 Å². The molecule has 0 aliphatic carbocycles. The number of aromatic nitrogens is 1. The molecule has 0 spiro atoms. The van der Waals surface area contributed by atoms with Crippen molar-refractivity contribution >= 4 is 5.91 Å². The molecule has 1 atom stereocenters. The van der Waals surface area contributed by atoms with E-state index in [1.165, 1.54) is 0 Å². The van der Waals surface area contributed by atoms with Gasteiger partial charge in [-0.2, -0.15) is 0 Å². The minimum atomic E-state index is 0.159. The summed E-state index contributed by atoms with van der Waals surface area (Å²) < 4.78 is 0. The second-order valence-corrected chi connectivity index (χ2v) is 6.78. The number of hydrogen-bond acceptors (Lipinski definition) is 3. The highest BCUT2D eigenvalue weighted by Gasteiger charge is 2.27. The average molecular weight is 317 g/mol. The number of amides is 1. The van der Waals surface area contributed by atoms with Crippen molar-refractivity contribution in [3.8, 4) is 0 Å². The van der Waals surface area contributed by atoms with Gasteiger partial charge in [0.25, 0.3) is 0 Å². The number of carbonyl (C=O) groups is 1. The van der Waals surface area contributed by atoms with Crippen LogP contribution >= 0.6 is 0 Å². The van der Waals surface area contributed by atoms with Crippen LogP contribution in [0.2, 0.25) is 0 Å². The standard InChI is InChI=1S/C19H31N3O/c1-4-7-16(2)19(23)21(3)18-10-14-22(15-11-18)13-9-17-8-5-6-12-20-17/h5-6,8,12,16,18H,4,7,9-11,13-15H2,1-3H3/t16-/m1/s1.